The van der Waals surface area contributed by atoms with Crippen LogP contribution in [0.15, 0.2) is 41.1 Å². The molecule has 0 aliphatic rings. The molecule has 0 atom stereocenters. The molecule has 1 aromatic heterocycles. The second kappa shape index (κ2) is 7.66. The number of aromatic nitrogens is 1. The summed E-state index contributed by atoms with van der Waals surface area (Å²) in [4.78, 5) is 0. The predicted octanol–water partition coefficient (Wildman–Crippen LogP) is 4.05. The third-order valence-corrected chi connectivity index (χ3v) is 3.78. The predicted molar refractivity (Wildman–Crippen MR) is 90.8 cm³/mol. The van der Waals surface area contributed by atoms with E-state index in [2.05, 4.69) is 64.2 Å². The highest BCUT2D eigenvalue weighted by Gasteiger charge is 2.05. The van der Waals surface area contributed by atoms with Crippen LogP contribution < -0.4 is 10.1 Å². The van der Waals surface area contributed by atoms with Crippen LogP contribution >= 0.6 is 15.9 Å². The van der Waals surface area contributed by atoms with Gasteiger partial charge in [-0.2, -0.15) is 0 Å². The minimum Gasteiger partial charge on any atom is -0.496 e. The van der Waals surface area contributed by atoms with E-state index in [9.17, 15) is 0 Å². The number of hydrogen-bond acceptors (Lipinski definition) is 2. The van der Waals surface area contributed by atoms with Gasteiger partial charge in [0.05, 0.1) is 13.7 Å². The molecule has 1 aromatic carbocycles. The number of rotatable bonds is 7. The van der Waals surface area contributed by atoms with Gasteiger partial charge < -0.3 is 14.6 Å². The minimum atomic E-state index is 0.679. The fourth-order valence-electron chi connectivity index (χ4n) is 2.27. The fourth-order valence-corrected chi connectivity index (χ4v) is 2.67. The number of nitrogens with one attached hydrogen (secondary N) is 1. The zero-order valence-corrected chi connectivity index (χ0v) is 14.5. The van der Waals surface area contributed by atoms with Crippen molar-refractivity contribution in [1.29, 1.82) is 0 Å². The molecule has 0 fully saturated rings. The standard InChI is InChI=1S/C17H23BrN2O/c1-13(2)9-19-10-14-6-7-20(11-14)12-15-8-16(18)4-5-17(15)21-3/h4-8,11,13,19H,9-10,12H2,1-3H3. The van der Waals surface area contributed by atoms with E-state index in [0.717, 1.165) is 29.9 Å². The van der Waals surface area contributed by atoms with Crippen LogP contribution in [0.1, 0.15) is 25.0 Å². The second-order valence-corrected chi connectivity index (χ2v) is 6.59. The van der Waals surface area contributed by atoms with E-state index in [1.165, 1.54) is 11.1 Å². The molecule has 0 amide bonds. The molecule has 0 spiro atoms. The summed E-state index contributed by atoms with van der Waals surface area (Å²) < 4.78 is 8.69. The number of methoxy groups -OCH3 is 1. The van der Waals surface area contributed by atoms with Crippen LogP contribution in [-0.2, 0) is 13.1 Å². The molecule has 4 heteroatoms. The van der Waals surface area contributed by atoms with Gasteiger partial charge in [0, 0.05) is 29.0 Å². The fraction of sp³-hybridized carbons (Fsp3) is 0.412. The highest BCUT2D eigenvalue weighted by atomic mass is 79.9. The Balaban J connectivity index is 2.00. The molecule has 0 unspecified atom stereocenters. The summed E-state index contributed by atoms with van der Waals surface area (Å²) in [6, 6.07) is 8.26. The summed E-state index contributed by atoms with van der Waals surface area (Å²) in [5.74, 6) is 1.60. The van der Waals surface area contributed by atoms with Crippen molar-refractivity contribution in [2.45, 2.75) is 26.9 Å². The lowest BCUT2D eigenvalue weighted by Gasteiger charge is -2.10. The molecular formula is C17H23BrN2O. The molecule has 3 nitrogen and oxygen atoms in total. The SMILES string of the molecule is COc1ccc(Br)cc1Cn1ccc(CNCC(C)C)c1. The lowest BCUT2D eigenvalue weighted by atomic mass is 10.2. The maximum atomic E-state index is 5.42. The van der Waals surface area contributed by atoms with Crippen molar-refractivity contribution in [3.8, 4) is 5.75 Å². The molecule has 21 heavy (non-hydrogen) atoms. The Morgan fingerprint density at radius 1 is 1.29 bits per heavy atom. The Hall–Kier alpha value is -1.26. The molecule has 2 aromatic rings. The number of benzene rings is 1. The Morgan fingerprint density at radius 3 is 2.81 bits per heavy atom. The van der Waals surface area contributed by atoms with Crippen molar-refractivity contribution in [2.75, 3.05) is 13.7 Å². The zero-order valence-electron chi connectivity index (χ0n) is 12.9. The number of nitrogens with zero attached hydrogens (tertiary/aromatic N) is 1. The maximum absolute atomic E-state index is 5.42. The maximum Gasteiger partial charge on any atom is 0.123 e. The lowest BCUT2D eigenvalue weighted by molar-refractivity contribution is 0.408. The van der Waals surface area contributed by atoms with Crippen molar-refractivity contribution >= 4 is 15.9 Å². The van der Waals surface area contributed by atoms with Gasteiger partial charge in [0.1, 0.15) is 5.75 Å². The lowest BCUT2D eigenvalue weighted by Crippen LogP contribution is -2.18. The van der Waals surface area contributed by atoms with E-state index in [1.807, 2.05) is 12.1 Å². The van der Waals surface area contributed by atoms with Crippen molar-refractivity contribution in [3.63, 3.8) is 0 Å². The van der Waals surface area contributed by atoms with E-state index >= 15 is 0 Å². The molecule has 0 saturated heterocycles. The third-order valence-electron chi connectivity index (χ3n) is 3.29. The molecule has 0 aliphatic carbocycles. The van der Waals surface area contributed by atoms with Gasteiger partial charge >= 0.3 is 0 Å². The van der Waals surface area contributed by atoms with Gasteiger partial charge in [-0.1, -0.05) is 29.8 Å². The highest BCUT2D eigenvalue weighted by Crippen LogP contribution is 2.24. The van der Waals surface area contributed by atoms with Crippen molar-refractivity contribution in [2.24, 2.45) is 5.92 Å². The molecule has 1 N–H and O–H groups in total. The molecule has 1 heterocycles. The Kier molecular flexibility index (Phi) is 5.88. The summed E-state index contributed by atoms with van der Waals surface area (Å²) in [5, 5.41) is 3.46. The molecule has 114 valence electrons. The average Bonchev–Trinajstić information content (AvgIpc) is 2.86. The van der Waals surface area contributed by atoms with Crippen LogP contribution in [-0.4, -0.2) is 18.2 Å². The molecule has 0 bridgehead atoms. The first-order valence-corrected chi connectivity index (χ1v) is 8.05. The summed E-state index contributed by atoms with van der Waals surface area (Å²) in [7, 11) is 1.71. The van der Waals surface area contributed by atoms with Gasteiger partial charge in [0.25, 0.3) is 0 Å². The highest BCUT2D eigenvalue weighted by molar-refractivity contribution is 9.10. The summed E-state index contributed by atoms with van der Waals surface area (Å²) in [6.45, 7) is 7.22. The first-order chi connectivity index (χ1) is 10.1. The van der Waals surface area contributed by atoms with Gasteiger partial charge in [0.2, 0.25) is 0 Å². The van der Waals surface area contributed by atoms with E-state index in [1.54, 1.807) is 7.11 Å². The third kappa shape index (κ3) is 4.90. The Labute approximate surface area is 135 Å². The molecular weight excluding hydrogens is 328 g/mol. The van der Waals surface area contributed by atoms with Gasteiger partial charge in [0.15, 0.2) is 0 Å². The molecule has 2 rings (SSSR count). The van der Waals surface area contributed by atoms with Gasteiger partial charge in [-0.05, 0) is 42.3 Å². The molecule has 0 aliphatic heterocycles. The first kappa shape index (κ1) is 16.1. The van der Waals surface area contributed by atoms with Crippen molar-refractivity contribution in [3.05, 3.63) is 52.3 Å². The van der Waals surface area contributed by atoms with Gasteiger partial charge in [-0.15, -0.1) is 0 Å². The van der Waals surface area contributed by atoms with Crippen molar-refractivity contribution in [1.82, 2.24) is 9.88 Å². The summed E-state index contributed by atoms with van der Waals surface area (Å²) in [5.41, 5.74) is 2.48. The summed E-state index contributed by atoms with van der Waals surface area (Å²) in [6.07, 6.45) is 4.31. The molecule has 0 saturated carbocycles. The quantitative estimate of drug-likeness (QED) is 0.814. The Bertz CT molecular complexity index is 578. The van der Waals surface area contributed by atoms with Gasteiger partial charge in [-0.3, -0.25) is 0 Å². The van der Waals surface area contributed by atoms with E-state index in [-0.39, 0.29) is 0 Å². The van der Waals surface area contributed by atoms with E-state index < -0.39 is 0 Å². The number of hydrogen-bond donors (Lipinski definition) is 1. The van der Waals surface area contributed by atoms with Crippen LogP contribution in [0.5, 0.6) is 5.75 Å². The first-order valence-electron chi connectivity index (χ1n) is 7.26. The Morgan fingerprint density at radius 2 is 2.10 bits per heavy atom. The minimum absolute atomic E-state index is 0.679. The van der Waals surface area contributed by atoms with Crippen LogP contribution in [0.3, 0.4) is 0 Å². The van der Waals surface area contributed by atoms with Gasteiger partial charge in [-0.25, -0.2) is 0 Å². The van der Waals surface area contributed by atoms with Crippen LogP contribution in [0.4, 0.5) is 0 Å². The monoisotopic (exact) mass is 350 g/mol. The zero-order chi connectivity index (χ0) is 15.2. The van der Waals surface area contributed by atoms with Crippen LogP contribution in [0.25, 0.3) is 0 Å². The summed E-state index contributed by atoms with van der Waals surface area (Å²) >= 11 is 3.52. The van der Waals surface area contributed by atoms with Crippen LogP contribution in [0, 0.1) is 5.92 Å². The smallest absolute Gasteiger partial charge is 0.123 e. The largest absolute Gasteiger partial charge is 0.496 e. The topological polar surface area (TPSA) is 26.2 Å². The average molecular weight is 351 g/mol. The second-order valence-electron chi connectivity index (χ2n) is 5.67. The number of halogens is 1. The normalized spacial score (nSPS) is 11.1. The number of ether oxygens (including phenoxy) is 1. The van der Waals surface area contributed by atoms with Crippen molar-refractivity contribution < 1.29 is 4.74 Å². The van der Waals surface area contributed by atoms with E-state index in [4.69, 9.17) is 4.74 Å². The molecule has 0 radical (unpaired) electrons. The van der Waals surface area contributed by atoms with E-state index in [0.29, 0.717) is 5.92 Å². The van der Waals surface area contributed by atoms with Crippen LogP contribution in [0.2, 0.25) is 0 Å².